The van der Waals surface area contributed by atoms with Gasteiger partial charge in [0.05, 0.1) is 5.92 Å². The molecule has 0 aliphatic rings. The summed E-state index contributed by atoms with van der Waals surface area (Å²) in [5.74, 6) is -1.45. The molecule has 0 aliphatic heterocycles. The Morgan fingerprint density at radius 2 is 1.50 bits per heavy atom. The lowest BCUT2D eigenvalue weighted by atomic mass is 10.1. The normalized spacial score (nSPS) is 13.6. The van der Waals surface area contributed by atoms with Gasteiger partial charge in [0, 0.05) is 25.9 Å². The highest BCUT2D eigenvalue weighted by atomic mass is 28.4. The smallest absolute Gasteiger partial charge is 0.374 e. The average molecular weight is 277 g/mol. The van der Waals surface area contributed by atoms with Crippen molar-refractivity contribution in [1.29, 1.82) is 0 Å². The summed E-state index contributed by atoms with van der Waals surface area (Å²) < 4.78 is 17.1. The fraction of sp³-hybridized carbons (Fsp3) is 0.917. The first-order valence-corrected chi connectivity index (χ1v) is 8.57. The maximum atomic E-state index is 10.6. The lowest BCUT2D eigenvalue weighted by Gasteiger charge is -2.28. The van der Waals surface area contributed by atoms with Crippen molar-refractivity contribution in [3.8, 4) is 0 Å². The van der Waals surface area contributed by atoms with Crippen molar-refractivity contribution < 1.29 is 23.2 Å². The Bertz CT molecular complexity index is 217. The van der Waals surface area contributed by atoms with E-state index in [4.69, 9.17) is 13.3 Å². The molecule has 0 aromatic carbocycles. The third kappa shape index (κ3) is 6.49. The van der Waals surface area contributed by atoms with Crippen LogP contribution in [0, 0.1) is 5.92 Å². The maximum Gasteiger partial charge on any atom is 0.500 e. The third-order valence-corrected chi connectivity index (χ3v) is 5.77. The van der Waals surface area contributed by atoms with Gasteiger partial charge in [0.1, 0.15) is 0 Å². The molecule has 0 amide bonds. The highest BCUT2D eigenvalue weighted by Crippen LogP contribution is 2.21. The topological polar surface area (TPSA) is 64.7 Å². The predicted molar refractivity (Wildman–Crippen MR) is 69.5 cm³/mol. The van der Waals surface area contributed by atoms with Crippen molar-refractivity contribution in [3.05, 3.63) is 0 Å². The van der Waals surface area contributed by atoms with Crippen LogP contribution >= 0.6 is 0 Å². The Labute approximate surface area is 111 Å². The maximum absolute atomic E-state index is 10.6. The van der Waals surface area contributed by atoms with Crippen LogP contribution in [0.1, 0.15) is 40.5 Å². The molecule has 0 spiro atoms. The molecule has 0 saturated carbocycles. The molecule has 107 valence electrons. The first kappa shape index (κ1) is 17.6. The molecule has 1 atom stereocenters. The molecule has 1 unspecified atom stereocenters. The Morgan fingerprint density at radius 3 is 1.83 bits per heavy atom. The van der Waals surface area contributed by atoms with Crippen LogP contribution in [0.3, 0.4) is 0 Å². The van der Waals surface area contributed by atoms with Crippen molar-refractivity contribution in [2.75, 3.05) is 19.8 Å². The van der Waals surface area contributed by atoms with Crippen LogP contribution in [-0.2, 0) is 23.2 Å². The largest absolute Gasteiger partial charge is 0.500 e. The summed E-state index contributed by atoms with van der Waals surface area (Å²) in [5, 5.41) is 10.6. The molecular weight excluding hydrogens is 252 g/mol. The molecule has 0 bridgehead atoms. The van der Waals surface area contributed by atoms with Crippen molar-refractivity contribution in [2.24, 2.45) is 5.92 Å². The van der Waals surface area contributed by atoms with E-state index in [9.17, 15) is 9.90 Å². The van der Waals surface area contributed by atoms with Gasteiger partial charge in [-0.15, -0.1) is 0 Å². The first-order valence-electron chi connectivity index (χ1n) is 6.64. The average Bonchev–Trinajstić information content (AvgIpc) is 2.29. The highest BCUT2D eigenvalue weighted by molar-refractivity contribution is 6.60. The number of carbonyl (C=O) groups excluding carboxylic acids is 1. The molecule has 0 heterocycles. The van der Waals surface area contributed by atoms with Gasteiger partial charge in [0.2, 0.25) is 0 Å². The van der Waals surface area contributed by atoms with Gasteiger partial charge in [-0.1, -0.05) is 6.92 Å². The Balaban J connectivity index is 4.33. The van der Waals surface area contributed by atoms with Crippen LogP contribution < -0.4 is 0 Å². The van der Waals surface area contributed by atoms with Crippen LogP contribution in [0.25, 0.3) is 0 Å². The molecule has 0 aromatic rings. The van der Waals surface area contributed by atoms with E-state index in [-0.39, 0.29) is 0 Å². The van der Waals surface area contributed by atoms with E-state index in [1.165, 1.54) is 0 Å². The summed E-state index contributed by atoms with van der Waals surface area (Å²) in [6.45, 7) is 9.00. The van der Waals surface area contributed by atoms with Crippen LogP contribution in [0.5, 0.6) is 0 Å². The zero-order valence-electron chi connectivity index (χ0n) is 11.9. The first-order chi connectivity index (χ1) is 8.51. The second-order valence-corrected chi connectivity index (χ2v) is 6.83. The highest BCUT2D eigenvalue weighted by Gasteiger charge is 2.39. The summed E-state index contributed by atoms with van der Waals surface area (Å²) >= 11 is 0. The van der Waals surface area contributed by atoms with Gasteiger partial charge < -0.3 is 13.3 Å². The second-order valence-electron chi connectivity index (χ2n) is 4.09. The third-order valence-electron chi connectivity index (χ3n) is 2.62. The van der Waals surface area contributed by atoms with Crippen molar-refractivity contribution in [2.45, 2.75) is 46.6 Å². The van der Waals surface area contributed by atoms with Crippen LogP contribution in [0.2, 0.25) is 6.04 Å². The molecular formula is C12H25O5Si. The van der Waals surface area contributed by atoms with Gasteiger partial charge in [-0.25, -0.2) is 9.90 Å². The molecule has 1 radical (unpaired) electrons. The Kier molecular flexibility index (Phi) is 9.26. The van der Waals surface area contributed by atoms with Gasteiger partial charge in [0.25, 0.3) is 0 Å². The Morgan fingerprint density at radius 1 is 1.06 bits per heavy atom. The fourth-order valence-electron chi connectivity index (χ4n) is 1.74. The van der Waals surface area contributed by atoms with E-state index in [0.717, 1.165) is 0 Å². The van der Waals surface area contributed by atoms with Gasteiger partial charge in [-0.3, -0.25) is 0 Å². The van der Waals surface area contributed by atoms with E-state index in [0.29, 0.717) is 38.7 Å². The van der Waals surface area contributed by atoms with Gasteiger partial charge in [-0.05, 0) is 33.6 Å². The fourth-order valence-corrected chi connectivity index (χ4v) is 4.38. The van der Waals surface area contributed by atoms with Gasteiger partial charge in [-0.2, -0.15) is 0 Å². The minimum absolute atomic E-state index is 0.443. The van der Waals surface area contributed by atoms with Crippen molar-refractivity contribution in [1.82, 2.24) is 0 Å². The molecule has 0 saturated heterocycles. The van der Waals surface area contributed by atoms with Crippen molar-refractivity contribution in [3.63, 3.8) is 0 Å². The summed E-state index contributed by atoms with van der Waals surface area (Å²) in [6, 6.07) is 0.653. The number of rotatable bonds is 11. The minimum Gasteiger partial charge on any atom is -0.374 e. The molecule has 5 nitrogen and oxygen atoms in total. The van der Waals surface area contributed by atoms with Crippen LogP contribution in [0.15, 0.2) is 0 Å². The van der Waals surface area contributed by atoms with E-state index in [1.54, 1.807) is 6.92 Å². The molecule has 6 heteroatoms. The summed E-state index contributed by atoms with van der Waals surface area (Å²) in [4.78, 5) is 10.6. The van der Waals surface area contributed by atoms with E-state index in [2.05, 4.69) is 0 Å². The zero-order valence-corrected chi connectivity index (χ0v) is 12.9. The minimum atomic E-state index is -2.61. The number of hydrogen-bond donors (Lipinski definition) is 0. The molecule has 0 N–H and O–H groups in total. The van der Waals surface area contributed by atoms with Gasteiger partial charge in [0.15, 0.2) is 0 Å². The number of carbonyl (C=O) groups is 1. The lowest BCUT2D eigenvalue weighted by Crippen LogP contribution is -2.46. The van der Waals surface area contributed by atoms with Crippen LogP contribution in [0.4, 0.5) is 0 Å². The monoisotopic (exact) mass is 277 g/mol. The van der Waals surface area contributed by atoms with Gasteiger partial charge >= 0.3 is 14.8 Å². The standard InChI is InChI=1S/C12H25O5Si/c1-5-15-18(16-6-2,17-7-3)10-8-9-11(4)12(13)14/h11H,5-10H2,1-4H3. The van der Waals surface area contributed by atoms with E-state index < -0.39 is 20.7 Å². The molecule has 0 aromatic heterocycles. The Hall–Kier alpha value is -0.433. The summed E-state index contributed by atoms with van der Waals surface area (Å²) in [7, 11) is -2.61. The summed E-state index contributed by atoms with van der Waals surface area (Å²) in [5.41, 5.74) is 0. The van der Waals surface area contributed by atoms with Crippen LogP contribution in [-0.4, -0.2) is 34.6 Å². The lowest BCUT2D eigenvalue weighted by molar-refractivity contribution is -0.147. The van der Waals surface area contributed by atoms with E-state index in [1.807, 2.05) is 20.8 Å². The zero-order chi connectivity index (χ0) is 14.0. The summed E-state index contributed by atoms with van der Waals surface area (Å²) in [6.07, 6.45) is 1.27. The molecule has 0 rings (SSSR count). The molecule has 18 heavy (non-hydrogen) atoms. The van der Waals surface area contributed by atoms with E-state index >= 15 is 0 Å². The second kappa shape index (κ2) is 9.49. The quantitative estimate of drug-likeness (QED) is 0.544. The molecule has 0 aliphatic carbocycles. The SMILES string of the molecule is CCO[Si](CCCC(C)C([O])=O)(OCC)OCC. The predicted octanol–water partition coefficient (Wildman–Crippen LogP) is 2.41. The number of hydrogen-bond acceptors (Lipinski definition) is 4. The molecule has 0 fully saturated rings. The van der Waals surface area contributed by atoms with Crippen molar-refractivity contribution >= 4 is 14.8 Å².